The third-order valence-electron chi connectivity index (χ3n) is 4.69. The summed E-state index contributed by atoms with van der Waals surface area (Å²) in [5.74, 6) is 0.878. The first-order chi connectivity index (χ1) is 12.2. The number of benzene rings is 2. The van der Waals surface area contributed by atoms with Gasteiger partial charge in [0.05, 0.1) is 17.7 Å². The van der Waals surface area contributed by atoms with E-state index in [1.807, 2.05) is 36.4 Å². The van der Waals surface area contributed by atoms with Crippen LogP contribution in [0.1, 0.15) is 0 Å². The van der Waals surface area contributed by atoms with Gasteiger partial charge in [0.2, 0.25) is 0 Å². The van der Waals surface area contributed by atoms with Crippen LogP contribution < -0.4 is 9.64 Å². The van der Waals surface area contributed by atoms with Crippen molar-refractivity contribution in [1.82, 2.24) is 4.90 Å². The summed E-state index contributed by atoms with van der Waals surface area (Å²) in [5.41, 5.74) is 2.07. The number of hydrogen-bond acceptors (Lipinski definition) is 5. The number of aliphatic imine (C=N–C) groups is 1. The average molecular weight is 355 g/mol. The molecule has 0 bridgehead atoms. The van der Waals surface area contributed by atoms with Gasteiger partial charge in [0.25, 0.3) is 0 Å². The maximum absolute atomic E-state index is 12.5. The van der Waals surface area contributed by atoms with Crippen LogP contribution in [0.25, 0.3) is 0 Å². The molecule has 2 aliphatic heterocycles. The summed E-state index contributed by atoms with van der Waals surface area (Å²) in [6.07, 6.45) is 0. The molecule has 1 atom stereocenters. The van der Waals surface area contributed by atoms with Crippen LogP contribution in [0.4, 0.5) is 11.4 Å². The minimum atomic E-state index is -1.10. The van der Waals surface area contributed by atoms with Gasteiger partial charge in [-0.15, -0.1) is 0 Å². The Morgan fingerprint density at radius 2 is 1.76 bits per heavy atom. The third-order valence-corrected chi connectivity index (χ3v) is 6.09. The molecule has 0 radical (unpaired) electrons. The van der Waals surface area contributed by atoms with E-state index in [-0.39, 0.29) is 0 Å². The summed E-state index contributed by atoms with van der Waals surface area (Å²) >= 11 is 0. The number of fused-ring (bicyclic) bond motifs is 1. The van der Waals surface area contributed by atoms with E-state index in [2.05, 4.69) is 26.9 Å². The minimum Gasteiger partial charge on any atom is -0.497 e. The second kappa shape index (κ2) is 6.98. The Hall–Kier alpha value is -2.18. The lowest BCUT2D eigenvalue weighted by molar-refractivity contribution is 0.293. The second-order valence-electron chi connectivity index (χ2n) is 6.20. The van der Waals surface area contributed by atoms with Gasteiger partial charge in [-0.1, -0.05) is 12.1 Å². The molecule has 1 fully saturated rings. The van der Waals surface area contributed by atoms with E-state index in [0.29, 0.717) is 6.54 Å². The maximum atomic E-state index is 12.5. The Morgan fingerprint density at radius 3 is 2.44 bits per heavy atom. The van der Waals surface area contributed by atoms with Crippen LogP contribution in [0.2, 0.25) is 0 Å². The third kappa shape index (κ3) is 3.32. The predicted molar refractivity (Wildman–Crippen MR) is 102 cm³/mol. The lowest BCUT2D eigenvalue weighted by Crippen LogP contribution is -2.48. The predicted octanol–water partition coefficient (Wildman–Crippen LogP) is 2.67. The number of nitrogens with zero attached hydrogens (tertiary/aromatic N) is 3. The molecular formula is C19H21N3O2S. The normalized spacial score (nSPS) is 20.3. The van der Waals surface area contributed by atoms with Crippen LogP contribution in [-0.2, 0) is 10.8 Å². The molecule has 2 aromatic carbocycles. The van der Waals surface area contributed by atoms with Crippen molar-refractivity contribution in [2.24, 2.45) is 4.99 Å². The summed E-state index contributed by atoms with van der Waals surface area (Å²) in [7, 11) is 0.577. The molecule has 0 N–H and O–H groups in total. The highest BCUT2D eigenvalue weighted by Gasteiger charge is 2.26. The number of para-hydroxylation sites is 1. The van der Waals surface area contributed by atoms with Crippen LogP contribution in [0.3, 0.4) is 0 Å². The number of rotatable bonds is 4. The summed E-state index contributed by atoms with van der Waals surface area (Å²) in [6.45, 7) is 4.48. The molecule has 1 saturated heterocycles. The Labute approximate surface area is 150 Å². The molecule has 0 aromatic heterocycles. The smallest absolute Gasteiger partial charge is 0.124 e. The SMILES string of the molecule is COc1ccc(N2CCN(CC3=Nc4ccccc4S3=O)CC2)cc1. The number of anilines is 1. The highest BCUT2D eigenvalue weighted by molar-refractivity contribution is 8.01. The largest absolute Gasteiger partial charge is 0.497 e. The fourth-order valence-electron chi connectivity index (χ4n) is 3.25. The van der Waals surface area contributed by atoms with E-state index in [1.165, 1.54) is 5.69 Å². The molecule has 130 valence electrons. The van der Waals surface area contributed by atoms with Crippen molar-refractivity contribution in [2.45, 2.75) is 4.90 Å². The van der Waals surface area contributed by atoms with Crippen molar-refractivity contribution in [2.75, 3.05) is 44.7 Å². The molecule has 2 aliphatic rings. The van der Waals surface area contributed by atoms with Gasteiger partial charge in [0.1, 0.15) is 21.6 Å². The van der Waals surface area contributed by atoms with Crippen molar-refractivity contribution in [3.8, 4) is 5.75 Å². The molecule has 6 heteroatoms. The van der Waals surface area contributed by atoms with E-state index >= 15 is 0 Å². The molecule has 0 amide bonds. The highest BCUT2D eigenvalue weighted by Crippen LogP contribution is 2.30. The van der Waals surface area contributed by atoms with E-state index in [4.69, 9.17) is 4.74 Å². The molecular weight excluding hydrogens is 334 g/mol. The minimum absolute atomic E-state index is 0.678. The zero-order valence-electron chi connectivity index (χ0n) is 14.2. The zero-order chi connectivity index (χ0) is 17.2. The van der Waals surface area contributed by atoms with Crippen molar-refractivity contribution in [3.05, 3.63) is 48.5 Å². The number of methoxy groups -OCH3 is 1. The van der Waals surface area contributed by atoms with Crippen LogP contribution in [0, 0.1) is 0 Å². The molecule has 1 unspecified atom stereocenters. The summed E-state index contributed by atoms with van der Waals surface area (Å²) < 4.78 is 17.8. The summed E-state index contributed by atoms with van der Waals surface area (Å²) in [5, 5.41) is 0.777. The quantitative estimate of drug-likeness (QED) is 0.846. The molecule has 2 heterocycles. The van der Waals surface area contributed by atoms with E-state index in [1.54, 1.807) is 7.11 Å². The van der Waals surface area contributed by atoms with Crippen LogP contribution >= 0.6 is 0 Å². The van der Waals surface area contributed by atoms with E-state index < -0.39 is 10.8 Å². The van der Waals surface area contributed by atoms with Crippen molar-refractivity contribution in [1.29, 1.82) is 0 Å². The zero-order valence-corrected chi connectivity index (χ0v) is 15.0. The Kier molecular flexibility index (Phi) is 4.55. The van der Waals surface area contributed by atoms with Gasteiger partial charge >= 0.3 is 0 Å². The summed E-state index contributed by atoms with van der Waals surface area (Å²) in [6, 6.07) is 15.9. The number of ether oxygens (including phenoxy) is 1. The standard InChI is InChI=1S/C19H21N3O2S/c1-24-16-8-6-15(7-9-16)22-12-10-21(11-13-22)14-19-20-17-4-2-3-5-18(17)25(19)23/h2-9H,10-14H2,1H3. The highest BCUT2D eigenvalue weighted by atomic mass is 32.2. The van der Waals surface area contributed by atoms with Gasteiger partial charge < -0.3 is 9.64 Å². The van der Waals surface area contributed by atoms with Crippen LogP contribution in [0.5, 0.6) is 5.75 Å². The Bertz CT molecular complexity index is 812. The maximum Gasteiger partial charge on any atom is 0.124 e. The monoisotopic (exact) mass is 355 g/mol. The number of piperazine rings is 1. The van der Waals surface area contributed by atoms with E-state index in [9.17, 15) is 4.21 Å². The second-order valence-corrected chi connectivity index (χ2v) is 7.65. The molecule has 4 rings (SSSR count). The van der Waals surface area contributed by atoms with Gasteiger partial charge in [-0.05, 0) is 36.4 Å². The molecule has 2 aromatic rings. The molecule has 5 nitrogen and oxygen atoms in total. The molecule has 0 aliphatic carbocycles. The van der Waals surface area contributed by atoms with Gasteiger partial charge in [-0.3, -0.25) is 4.90 Å². The van der Waals surface area contributed by atoms with Crippen molar-refractivity contribution >= 4 is 27.2 Å². The van der Waals surface area contributed by atoms with Crippen molar-refractivity contribution in [3.63, 3.8) is 0 Å². The van der Waals surface area contributed by atoms with Gasteiger partial charge in [-0.2, -0.15) is 0 Å². The van der Waals surface area contributed by atoms with Crippen molar-refractivity contribution < 1.29 is 8.95 Å². The first-order valence-corrected chi connectivity index (χ1v) is 9.59. The van der Waals surface area contributed by atoms with E-state index in [0.717, 1.165) is 47.6 Å². The van der Waals surface area contributed by atoms with Crippen LogP contribution in [-0.4, -0.2) is 54.0 Å². The fourth-order valence-corrected chi connectivity index (χ4v) is 4.49. The Balaban J connectivity index is 1.36. The molecule has 0 saturated carbocycles. The fraction of sp³-hybridized carbons (Fsp3) is 0.316. The summed E-state index contributed by atoms with van der Waals surface area (Å²) in [4.78, 5) is 10.1. The lowest BCUT2D eigenvalue weighted by Gasteiger charge is -2.36. The average Bonchev–Trinajstić information content (AvgIpc) is 2.98. The number of hydrogen-bond donors (Lipinski definition) is 0. The molecule has 0 spiro atoms. The molecule has 25 heavy (non-hydrogen) atoms. The Morgan fingerprint density at radius 1 is 1.04 bits per heavy atom. The lowest BCUT2D eigenvalue weighted by atomic mass is 10.2. The van der Waals surface area contributed by atoms with Crippen LogP contribution in [0.15, 0.2) is 58.4 Å². The van der Waals surface area contributed by atoms with Gasteiger partial charge in [-0.25, -0.2) is 9.20 Å². The first kappa shape index (κ1) is 16.3. The van der Waals surface area contributed by atoms with Gasteiger partial charge in [0, 0.05) is 38.4 Å². The van der Waals surface area contributed by atoms with Gasteiger partial charge in [0.15, 0.2) is 0 Å². The topological polar surface area (TPSA) is 45.1 Å². The first-order valence-electron chi connectivity index (χ1n) is 8.44.